The number of benzene rings is 2. The molecule has 3 rings (SSSR count). The van der Waals surface area contributed by atoms with E-state index in [0.717, 1.165) is 22.2 Å². The minimum absolute atomic E-state index is 0. The largest absolute Gasteiger partial charge is 0.384 e. The lowest BCUT2D eigenvalue weighted by Gasteiger charge is -2.05. The highest BCUT2D eigenvalue weighted by atomic mass is 35.5. The van der Waals surface area contributed by atoms with Gasteiger partial charge in [0.25, 0.3) is 0 Å². The average molecular weight is 350 g/mol. The first-order chi connectivity index (χ1) is 10.1. The highest BCUT2D eigenvalue weighted by molar-refractivity contribution is 6.19. The van der Waals surface area contributed by atoms with Crippen LogP contribution in [0.1, 0.15) is 11.1 Å². The first-order valence-corrected chi connectivity index (χ1v) is 6.48. The number of fused-ring (bicyclic) bond motifs is 1. The van der Waals surface area contributed by atoms with Gasteiger partial charge in [0, 0.05) is 16.5 Å². The summed E-state index contributed by atoms with van der Waals surface area (Å²) in [6, 6.07) is 15.2. The molecule has 0 spiro atoms. The summed E-state index contributed by atoms with van der Waals surface area (Å²) in [7, 11) is 0. The van der Waals surface area contributed by atoms with Gasteiger partial charge in [0.1, 0.15) is 11.7 Å². The summed E-state index contributed by atoms with van der Waals surface area (Å²) in [4.78, 5) is 3.28. The van der Waals surface area contributed by atoms with Gasteiger partial charge in [-0.2, -0.15) is 0 Å². The molecule has 1 aromatic heterocycles. The minimum Gasteiger partial charge on any atom is -0.384 e. The van der Waals surface area contributed by atoms with Gasteiger partial charge in [-0.3, -0.25) is 10.8 Å². The van der Waals surface area contributed by atoms with Gasteiger partial charge in [-0.05, 0) is 11.6 Å². The molecule has 0 amide bonds. The van der Waals surface area contributed by atoms with Crippen molar-refractivity contribution in [3.63, 3.8) is 0 Å². The minimum atomic E-state index is -0.0474. The van der Waals surface area contributed by atoms with E-state index in [2.05, 4.69) is 4.98 Å². The van der Waals surface area contributed by atoms with Crippen molar-refractivity contribution in [3.8, 4) is 11.3 Å². The number of amidine groups is 2. The standard InChI is InChI=1S/C16H15N5.2ClH/c17-15(18)10-7-4-8-11-12(10)13(16(19)20)14(21-11)9-5-2-1-3-6-9;;/h1-8,21H,(H3,17,18)(H3,19,20);2*1H. The Morgan fingerprint density at radius 2 is 1.48 bits per heavy atom. The summed E-state index contributed by atoms with van der Waals surface area (Å²) in [5.41, 5.74) is 15.1. The lowest BCUT2D eigenvalue weighted by atomic mass is 10.0. The van der Waals surface area contributed by atoms with Gasteiger partial charge >= 0.3 is 0 Å². The molecular formula is C16H17Cl2N5. The number of nitrogens with one attached hydrogen (secondary N) is 3. The van der Waals surface area contributed by atoms with Crippen molar-refractivity contribution in [2.75, 3.05) is 0 Å². The van der Waals surface area contributed by atoms with Crippen LogP contribution in [0.4, 0.5) is 0 Å². The smallest absolute Gasteiger partial charge is 0.125 e. The molecule has 0 aliphatic carbocycles. The molecule has 0 fully saturated rings. The SMILES string of the molecule is Cl.Cl.N=C(N)c1cccc2[nH]c(-c3ccccc3)c(C(=N)N)c12. The highest BCUT2D eigenvalue weighted by Crippen LogP contribution is 2.32. The molecule has 0 saturated heterocycles. The van der Waals surface area contributed by atoms with Crippen LogP contribution in [-0.2, 0) is 0 Å². The molecule has 0 aliphatic rings. The Balaban J connectivity index is 0.00000132. The van der Waals surface area contributed by atoms with E-state index >= 15 is 0 Å². The fraction of sp³-hybridized carbons (Fsp3) is 0. The molecule has 7 heteroatoms. The first kappa shape index (κ1) is 18.5. The average Bonchev–Trinajstić information content (AvgIpc) is 2.87. The molecular weight excluding hydrogens is 333 g/mol. The number of hydrogen-bond donors (Lipinski definition) is 5. The Morgan fingerprint density at radius 3 is 2.04 bits per heavy atom. The molecule has 1 heterocycles. The van der Waals surface area contributed by atoms with Crippen LogP contribution in [0.5, 0.6) is 0 Å². The van der Waals surface area contributed by atoms with E-state index in [1.807, 2.05) is 42.5 Å². The molecule has 0 bridgehead atoms. The molecule has 0 unspecified atom stereocenters. The fourth-order valence-electron chi connectivity index (χ4n) is 2.56. The maximum Gasteiger partial charge on any atom is 0.125 e. The van der Waals surface area contributed by atoms with E-state index < -0.39 is 0 Å². The van der Waals surface area contributed by atoms with Gasteiger partial charge in [-0.1, -0.05) is 42.5 Å². The second kappa shape index (κ2) is 7.17. The van der Waals surface area contributed by atoms with Crippen molar-refractivity contribution in [2.24, 2.45) is 11.5 Å². The molecule has 0 radical (unpaired) electrons. The quantitative estimate of drug-likeness (QED) is 0.368. The number of nitrogens with two attached hydrogens (primary N) is 2. The number of H-pyrrole nitrogens is 1. The van der Waals surface area contributed by atoms with Gasteiger partial charge in [0.2, 0.25) is 0 Å². The van der Waals surface area contributed by atoms with Gasteiger partial charge < -0.3 is 16.5 Å². The molecule has 0 atom stereocenters. The topological polar surface area (TPSA) is 116 Å². The predicted octanol–water partition coefficient (Wildman–Crippen LogP) is 3.25. The lowest BCUT2D eigenvalue weighted by Crippen LogP contribution is -2.15. The lowest BCUT2D eigenvalue weighted by molar-refractivity contribution is 1.40. The van der Waals surface area contributed by atoms with Crippen LogP contribution in [0.2, 0.25) is 0 Å². The number of aromatic nitrogens is 1. The predicted molar refractivity (Wildman–Crippen MR) is 100 cm³/mol. The van der Waals surface area contributed by atoms with Crippen LogP contribution < -0.4 is 11.5 Å². The van der Waals surface area contributed by atoms with E-state index in [9.17, 15) is 0 Å². The summed E-state index contributed by atoms with van der Waals surface area (Å²) >= 11 is 0. The zero-order valence-electron chi connectivity index (χ0n) is 12.1. The van der Waals surface area contributed by atoms with Gasteiger partial charge in [0.05, 0.1) is 11.3 Å². The summed E-state index contributed by atoms with van der Waals surface area (Å²) in [5.74, 6) is -0.0875. The Hall–Kier alpha value is -2.50. The van der Waals surface area contributed by atoms with Crippen LogP contribution in [0.15, 0.2) is 48.5 Å². The highest BCUT2D eigenvalue weighted by Gasteiger charge is 2.18. The van der Waals surface area contributed by atoms with E-state index in [4.69, 9.17) is 22.3 Å². The summed E-state index contributed by atoms with van der Waals surface area (Å²) in [6.07, 6.45) is 0. The Morgan fingerprint density at radius 1 is 0.826 bits per heavy atom. The van der Waals surface area contributed by atoms with Crippen LogP contribution in [-0.4, -0.2) is 16.7 Å². The summed E-state index contributed by atoms with van der Waals surface area (Å²) in [5, 5.41) is 16.3. The number of halogens is 2. The first-order valence-electron chi connectivity index (χ1n) is 6.48. The Bertz CT molecular complexity index is 856. The molecule has 7 N–H and O–H groups in total. The fourth-order valence-corrected chi connectivity index (χ4v) is 2.56. The molecule has 2 aromatic carbocycles. The van der Waals surface area contributed by atoms with Crippen molar-refractivity contribution < 1.29 is 0 Å². The monoisotopic (exact) mass is 349 g/mol. The van der Waals surface area contributed by atoms with Crippen molar-refractivity contribution >= 4 is 47.4 Å². The maximum atomic E-state index is 7.91. The third kappa shape index (κ3) is 3.16. The summed E-state index contributed by atoms with van der Waals surface area (Å²) in [6.45, 7) is 0. The van der Waals surface area contributed by atoms with Crippen LogP contribution in [0.25, 0.3) is 22.2 Å². The van der Waals surface area contributed by atoms with E-state index in [0.29, 0.717) is 11.1 Å². The van der Waals surface area contributed by atoms with Gasteiger partial charge in [0.15, 0.2) is 0 Å². The van der Waals surface area contributed by atoms with Crippen molar-refractivity contribution in [1.29, 1.82) is 10.8 Å². The molecule has 3 aromatic rings. The summed E-state index contributed by atoms with van der Waals surface area (Å²) < 4.78 is 0. The van der Waals surface area contributed by atoms with Crippen molar-refractivity contribution in [1.82, 2.24) is 4.98 Å². The normalized spacial score (nSPS) is 9.74. The zero-order valence-corrected chi connectivity index (χ0v) is 13.7. The van der Waals surface area contributed by atoms with Crippen LogP contribution in [0, 0.1) is 10.8 Å². The second-order valence-electron chi connectivity index (χ2n) is 4.80. The number of rotatable bonds is 3. The van der Waals surface area contributed by atoms with Crippen LogP contribution >= 0.6 is 24.8 Å². The molecule has 0 saturated carbocycles. The van der Waals surface area contributed by atoms with Gasteiger partial charge in [-0.25, -0.2) is 0 Å². The number of hydrogen-bond acceptors (Lipinski definition) is 2. The van der Waals surface area contributed by atoms with E-state index in [1.165, 1.54) is 0 Å². The Kier molecular flexibility index (Phi) is 5.79. The van der Waals surface area contributed by atoms with Crippen molar-refractivity contribution in [3.05, 3.63) is 59.7 Å². The van der Waals surface area contributed by atoms with E-state index in [1.54, 1.807) is 6.07 Å². The molecule has 23 heavy (non-hydrogen) atoms. The number of nitrogen functional groups attached to an aromatic ring is 2. The third-order valence-corrected chi connectivity index (χ3v) is 3.45. The Labute approximate surface area is 145 Å². The van der Waals surface area contributed by atoms with Crippen LogP contribution in [0.3, 0.4) is 0 Å². The third-order valence-electron chi connectivity index (χ3n) is 3.45. The molecule has 5 nitrogen and oxygen atoms in total. The van der Waals surface area contributed by atoms with Crippen molar-refractivity contribution in [2.45, 2.75) is 0 Å². The molecule has 120 valence electrons. The second-order valence-corrected chi connectivity index (χ2v) is 4.80. The maximum absolute atomic E-state index is 7.91. The van der Waals surface area contributed by atoms with E-state index in [-0.39, 0.29) is 36.5 Å². The van der Waals surface area contributed by atoms with Gasteiger partial charge in [-0.15, -0.1) is 24.8 Å². The zero-order chi connectivity index (χ0) is 15.0. The molecule has 0 aliphatic heterocycles. The number of aromatic amines is 1.